The average Bonchev–Trinajstić information content (AvgIpc) is 3.14. The lowest BCUT2D eigenvalue weighted by molar-refractivity contribution is 0.0519. The first-order valence-corrected chi connectivity index (χ1v) is 8.55. The predicted molar refractivity (Wildman–Crippen MR) is 78.8 cm³/mol. The van der Waals surface area contributed by atoms with Gasteiger partial charge >= 0.3 is 5.97 Å². The normalized spacial score (nSPS) is 15.5. The maximum Gasteiger partial charge on any atom is 0.355 e. The maximum atomic E-state index is 12.7. The van der Waals surface area contributed by atoms with Crippen molar-refractivity contribution in [3.05, 3.63) is 17.0 Å². The number of esters is 1. The van der Waals surface area contributed by atoms with Crippen molar-refractivity contribution in [2.45, 2.75) is 38.5 Å². The summed E-state index contributed by atoms with van der Waals surface area (Å²) in [4.78, 5) is 14.9. The standard InChI is InChI=1S/C14H22N2O4S/c1-5-20-14(17)12-9(2)13(10(3)15-12)21(18,19)16(4)8-11-6-7-11/h11,15H,5-8H2,1-4H3. The van der Waals surface area contributed by atoms with Gasteiger partial charge in [0.2, 0.25) is 10.0 Å². The summed E-state index contributed by atoms with van der Waals surface area (Å²) >= 11 is 0. The molecule has 7 heteroatoms. The van der Waals surface area contributed by atoms with Gasteiger partial charge in [-0.3, -0.25) is 0 Å². The molecule has 21 heavy (non-hydrogen) atoms. The third-order valence-corrected chi connectivity index (χ3v) is 5.83. The molecule has 0 radical (unpaired) electrons. The zero-order valence-corrected chi connectivity index (χ0v) is 13.7. The number of nitrogens with one attached hydrogen (secondary N) is 1. The number of hydrogen-bond acceptors (Lipinski definition) is 4. The second-order valence-electron chi connectivity index (χ2n) is 5.53. The summed E-state index contributed by atoms with van der Waals surface area (Å²) in [6, 6.07) is 0. The summed E-state index contributed by atoms with van der Waals surface area (Å²) in [5, 5.41) is 0. The van der Waals surface area contributed by atoms with Crippen molar-refractivity contribution in [2.24, 2.45) is 5.92 Å². The predicted octanol–water partition coefficient (Wildman–Crippen LogP) is 1.84. The largest absolute Gasteiger partial charge is 0.461 e. The van der Waals surface area contributed by atoms with E-state index < -0.39 is 16.0 Å². The van der Waals surface area contributed by atoms with E-state index in [1.807, 2.05) is 0 Å². The van der Waals surface area contributed by atoms with Crippen molar-refractivity contribution in [3.8, 4) is 0 Å². The van der Waals surface area contributed by atoms with Crippen LogP contribution in [-0.4, -0.2) is 43.9 Å². The number of carbonyl (C=O) groups is 1. The van der Waals surface area contributed by atoms with E-state index in [1.165, 1.54) is 4.31 Å². The van der Waals surface area contributed by atoms with Crippen LogP contribution in [0.1, 0.15) is 41.5 Å². The van der Waals surface area contributed by atoms with E-state index in [4.69, 9.17) is 4.74 Å². The number of rotatable bonds is 6. The molecule has 1 aliphatic carbocycles. The van der Waals surface area contributed by atoms with Crippen molar-refractivity contribution in [1.29, 1.82) is 0 Å². The van der Waals surface area contributed by atoms with E-state index in [0.29, 0.717) is 23.7 Å². The van der Waals surface area contributed by atoms with Crippen LogP contribution in [0.4, 0.5) is 0 Å². The summed E-state index contributed by atoms with van der Waals surface area (Å²) in [5.41, 5.74) is 1.11. The highest BCUT2D eigenvalue weighted by molar-refractivity contribution is 7.89. The summed E-state index contributed by atoms with van der Waals surface area (Å²) in [6.45, 7) is 5.78. The van der Waals surface area contributed by atoms with Crippen LogP contribution in [0.5, 0.6) is 0 Å². The van der Waals surface area contributed by atoms with Crippen molar-refractivity contribution < 1.29 is 17.9 Å². The van der Waals surface area contributed by atoms with E-state index in [1.54, 1.807) is 27.8 Å². The van der Waals surface area contributed by atoms with Gasteiger partial charge in [-0.1, -0.05) is 0 Å². The summed E-state index contributed by atoms with van der Waals surface area (Å²) in [5.74, 6) is -0.0572. The smallest absolute Gasteiger partial charge is 0.355 e. The number of aromatic nitrogens is 1. The van der Waals surface area contributed by atoms with Gasteiger partial charge in [0.25, 0.3) is 0 Å². The molecule has 0 atom stereocenters. The van der Waals surface area contributed by atoms with E-state index in [9.17, 15) is 13.2 Å². The van der Waals surface area contributed by atoms with Gasteiger partial charge in [-0.25, -0.2) is 17.5 Å². The molecule has 1 aromatic heterocycles. The van der Waals surface area contributed by atoms with Crippen LogP contribution in [0, 0.1) is 19.8 Å². The number of ether oxygens (including phenoxy) is 1. The SMILES string of the molecule is CCOC(=O)c1[nH]c(C)c(S(=O)(=O)N(C)CC2CC2)c1C. The van der Waals surface area contributed by atoms with Gasteiger partial charge in [0.15, 0.2) is 0 Å². The molecule has 1 aliphatic rings. The highest BCUT2D eigenvalue weighted by Gasteiger charge is 2.33. The Kier molecular flexibility index (Phi) is 4.43. The number of hydrogen-bond donors (Lipinski definition) is 1. The van der Waals surface area contributed by atoms with Crippen molar-refractivity contribution in [2.75, 3.05) is 20.2 Å². The molecule has 0 unspecified atom stereocenters. The maximum absolute atomic E-state index is 12.7. The molecule has 0 bridgehead atoms. The Hall–Kier alpha value is -1.34. The van der Waals surface area contributed by atoms with Crippen LogP contribution in [0.2, 0.25) is 0 Å². The quantitative estimate of drug-likeness (QED) is 0.813. The third kappa shape index (κ3) is 3.13. The molecule has 0 aromatic carbocycles. The van der Waals surface area contributed by atoms with Crippen molar-refractivity contribution >= 4 is 16.0 Å². The molecule has 1 heterocycles. The minimum absolute atomic E-state index is 0.189. The Balaban J connectivity index is 2.36. The minimum atomic E-state index is -3.59. The van der Waals surface area contributed by atoms with E-state index in [-0.39, 0.29) is 17.2 Å². The molecule has 118 valence electrons. The fourth-order valence-corrected chi connectivity index (χ4v) is 4.09. The minimum Gasteiger partial charge on any atom is -0.461 e. The molecule has 1 aromatic rings. The van der Waals surface area contributed by atoms with Crippen LogP contribution < -0.4 is 0 Å². The van der Waals surface area contributed by atoms with Gasteiger partial charge in [-0.2, -0.15) is 0 Å². The molecule has 2 rings (SSSR count). The Morgan fingerprint density at radius 3 is 2.52 bits per heavy atom. The van der Waals surface area contributed by atoms with Gasteiger partial charge in [0.05, 0.1) is 6.61 Å². The molecule has 0 aliphatic heterocycles. The van der Waals surface area contributed by atoms with E-state index in [2.05, 4.69) is 4.98 Å². The second-order valence-corrected chi connectivity index (χ2v) is 7.51. The monoisotopic (exact) mass is 314 g/mol. The Morgan fingerprint density at radius 1 is 1.38 bits per heavy atom. The molecule has 1 fully saturated rings. The lowest BCUT2D eigenvalue weighted by Gasteiger charge is -2.17. The lowest BCUT2D eigenvalue weighted by Crippen LogP contribution is -2.29. The van der Waals surface area contributed by atoms with E-state index in [0.717, 1.165) is 12.8 Å². The van der Waals surface area contributed by atoms with Gasteiger partial charge in [0, 0.05) is 24.8 Å². The zero-order chi connectivity index (χ0) is 15.8. The Bertz CT molecular complexity index is 644. The molecule has 1 N–H and O–H groups in total. The number of nitrogens with zero attached hydrogens (tertiary/aromatic N) is 1. The van der Waals surface area contributed by atoms with Gasteiger partial charge in [-0.05, 0) is 39.5 Å². The Morgan fingerprint density at radius 2 is 2.00 bits per heavy atom. The number of aromatic amines is 1. The van der Waals surface area contributed by atoms with Gasteiger partial charge in [-0.15, -0.1) is 0 Å². The highest BCUT2D eigenvalue weighted by atomic mass is 32.2. The average molecular weight is 314 g/mol. The second kappa shape index (κ2) is 5.81. The number of H-pyrrole nitrogens is 1. The van der Waals surface area contributed by atoms with Crippen molar-refractivity contribution in [1.82, 2.24) is 9.29 Å². The molecule has 1 saturated carbocycles. The summed E-state index contributed by atoms with van der Waals surface area (Å²) in [7, 11) is -2.00. The first-order chi connectivity index (χ1) is 9.78. The lowest BCUT2D eigenvalue weighted by atomic mass is 10.2. The van der Waals surface area contributed by atoms with Crippen LogP contribution in [0.25, 0.3) is 0 Å². The van der Waals surface area contributed by atoms with Gasteiger partial charge < -0.3 is 9.72 Å². The molecular formula is C14H22N2O4S. The Labute approximate surface area is 125 Å². The number of sulfonamides is 1. The molecule has 6 nitrogen and oxygen atoms in total. The van der Waals surface area contributed by atoms with Crippen LogP contribution in [0.15, 0.2) is 4.90 Å². The van der Waals surface area contributed by atoms with Crippen molar-refractivity contribution in [3.63, 3.8) is 0 Å². The fraction of sp³-hybridized carbons (Fsp3) is 0.643. The summed E-state index contributed by atoms with van der Waals surface area (Å²) in [6.07, 6.45) is 2.16. The summed E-state index contributed by atoms with van der Waals surface area (Å²) < 4.78 is 31.7. The molecule has 0 spiro atoms. The third-order valence-electron chi connectivity index (χ3n) is 3.73. The first-order valence-electron chi connectivity index (χ1n) is 7.11. The highest BCUT2D eigenvalue weighted by Crippen LogP contribution is 2.32. The number of carbonyl (C=O) groups excluding carboxylic acids is 1. The molecular weight excluding hydrogens is 292 g/mol. The van der Waals surface area contributed by atoms with Crippen LogP contribution in [-0.2, 0) is 14.8 Å². The number of aryl methyl sites for hydroxylation is 1. The van der Waals surface area contributed by atoms with Crippen LogP contribution in [0.3, 0.4) is 0 Å². The van der Waals surface area contributed by atoms with Crippen LogP contribution >= 0.6 is 0 Å². The molecule has 0 amide bonds. The fourth-order valence-electron chi connectivity index (χ4n) is 2.45. The first kappa shape index (κ1) is 16.0. The molecule has 0 saturated heterocycles. The van der Waals surface area contributed by atoms with Gasteiger partial charge in [0.1, 0.15) is 10.6 Å². The topological polar surface area (TPSA) is 79.5 Å². The van der Waals surface area contributed by atoms with E-state index >= 15 is 0 Å². The zero-order valence-electron chi connectivity index (χ0n) is 12.9.